The van der Waals surface area contributed by atoms with Crippen LogP contribution < -0.4 is 10.5 Å². The molecule has 0 fully saturated rings. The van der Waals surface area contributed by atoms with Crippen LogP contribution in [0.15, 0.2) is 42.5 Å². The average molecular weight is 281 g/mol. The Morgan fingerprint density at radius 1 is 1.05 bits per heavy atom. The fraction of sp³-hybridized carbons (Fsp3) is 0.200. The lowest BCUT2D eigenvalue weighted by atomic mass is 10.1. The summed E-state index contributed by atoms with van der Waals surface area (Å²) in [5.74, 6) is 0.119. The summed E-state index contributed by atoms with van der Waals surface area (Å²) in [6.45, 7) is 2.08. The molecule has 2 nitrogen and oxygen atoms in total. The number of para-hydroxylation sites is 1. The molecule has 106 valence electrons. The van der Waals surface area contributed by atoms with Gasteiger partial charge in [-0.3, -0.25) is 0 Å². The number of rotatable bonds is 3. The summed E-state index contributed by atoms with van der Waals surface area (Å²) in [6.07, 6.45) is -4.45. The molecular formula is C15H14F3NO. The third-order valence-electron chi connectivity index (χ3n) is 2.85. The molecule has 2 aromatic rings. The summed E-state index contributed by atoms with van der Waals surface area (Å²) in [6, 6.07) is 10.3. The lowest BCUT2D eigenvalue weighted by Gasteiger charge is -2.15. The quantitative estimate of drug-likeness (QED) is 0.912. The van der Waals surface area contributed by atoms with Gasteiger partial charge >= 0.3 is 6.18 Å². The highest BCUT2D eigenvalue weighted by Crippen LogP contribution is 2.38. The molecule has 0 spiro atoms. The number of nitrogens with two attached hydrogens (primary N) is 1. The zero-order chi connectivity index (χ0) is 14.8. The summed E-state index contributed by atoms with van der Waals surface area (Å²) >= 11 is 0. The lowest BCUT2D eigenvalue weighted by Crippen LogP contribution is -2.07. The number of aryl methyl sites for hydroxylation is 1. The molecule has 0 aliphatic heterocycles. The summed E-state index contributed by atoms with van der Waals surface area (Å²) < 4.78 is 44.1. The van der Waals surface area contributed by atoms with Crippen molar-refractivity contribution < 1.29 is 17.9 Å². The van der Waals surface area contributed by atoms with Crippen LogP contribution in [0.1, 0.15) is 16.7 Å². The fourth-order valence-corrected chi connectivity index (χ4v) is 1.88. The Morgan fingerprint density at radius 2 is 1.75 bits per heavy atom. The molecule has 2 rings (SSSR count). The van der Waals surface area contributed by atoms with Crippen LogP contribution in [0.3, 0.4) is 0 Å². The Labute approximate surface area is 115 Å². The molecule has 0 aliphatic rings. The van der Waals surface area contributed by atoms with Gasteiger partial charge in [0.2, 0.25) is 0 Å². The van der Waals surface area contributed by atoms with E-state index in [-0.39, 0.29) is 12.3 Å². The van der Waals surface area contributed by atoms with Crippen LogP contribution in [0.4, 0.5) is 13.2 Å². The fourth-order valence-electron chi connectivity index (χ4n) is 1.88. The topological polar surface area (TPSA) is 35.2 Å². The van der Waals surface area contributed by atoms with Crippen LogP contribution in [-0.4, -0.2) is 0 Å². The first-order valence-electron chi connectivity index (χ1n) is 6.05. The maximum Gasteiger partial charge on any atom is 0.419 e. The van der Waals surface area contributed by atoms with Gasteiger partial charge in [-0.25, -0.2) is 0 Å². The van der Waals surface area contributed by atoms with E-state index in [0.717, 1.165) is 11.6 Å². The van der Waals surface area contributed by atoms with Crippen molar-refractivity contribution in [3.63, 3.8) is 0 Å². The molecule has 2 N–H and O–H groups in total. The zero-order valence-electron chi connectivity index (χ0n) is 10.9. The largest absolute Gasteiger partial charge is 0.456 e. The number of benzene rings is 2. The summed E-state index contributed by atoms with van der Waals surface area (Å²) in [7, 11) is 0. The van der Waals surface area contributed by atoms with Gasteiger partial charge in [-0.1, -0.05) is 29.8 Å². The summed E-state index contributed by atoms with van der Waals surface area (Å²) in [5, 5.41) is 0. The molecule has 0 unspecified atom stereocenters. The third-order valence-corrected chi connectivity index (χ3v) is 2.85. The van der Waals surface area contributed by atoms with E-state index >= 15 is 0 Å². The summed E-state index contributed by atoms with van der Waals surface area (Å²) in [4.78, 5) is 0. The smallest absolute Gasteiger partial charge is 0.419 e. The molecule has 0 radical (unpaired) electrons. The highest BCUT2D eigenvalue weighted by molar-refractivity contribution is 5.43. The van der Waals surface area contributed by atoms with Gasteiger partial charge in [-0.2, -0.15) is 13.2 Å². The van der Waals surface area contributed by atoms with Crippen molar-refractivity contribution in [3.8, 4) is 11.5 Å². The molecule has 0 saturated heterocycles. The van der Waals surface area contributed by atoms with Crippen molar-refractivity contribution in [1.82, 2.24) is 0 Å². The van der Waals surface area contributed by atoms with E-state index in [2.05, 4.69) is 0 Å². The third kappa shape index (κ3) is 3.11. The number of alkyl halides is 3. The standard InChI is InChI=1S/C15H14F3NO/c1-10-6-7-13(11(8-10)9-19)20-14-5-3-2-4-12(14)15(16,17)18/h2-8H,9,19H2,1H3. The predicted octanol–water partition coefficient (Wildman–Crippen LogP) is 4.26. The monoisotopic (exact) mass is 281 g/mol. The van der Waals surface area contributed by atoms with Crippen molar-refractivity contribution >= 4 is 0 Å². The van der Waals surface area contributed by atoms with Crippen LogP contribution >= 0.6 is 0 Å². The van der Waals surface area contributed by atoms with Crippen LogP contribution in [0, 0.1) is 6.92 Å². The minimum absolute atomic E-state index is 0.200. The predicted molar refractivity (Wildman–Crippen MR) is 70.6 cm³/mol. The molecule has 5 heteroatoms. The summed E-state index contributed by atoms with van der Waals surface area (Å²) in [5.41, 5.74) is 6.44. The molecular weight excluding hydrogens is 267 g/mol. The van der Waals surface area contributed by atoms with Crippen molar-refractivity contribution in [1.29, 1.82) is 0 Å². The molecule has 20 heavy (non-hydrogen) atoms. The van der Waals surface area contributed by atoms with E-state index in [1.54, 1.807) is 18.2 Å². The van der Waals surface area contributed by atoms with Gasteiger partial charge in [0, 0.05) is 12.1 Å². The molecule has 0 aromatic heterocycles. The van der Waals surface area contributed by atoms with E-state index in [4.69, 9.17) is 10.5 Å². The van der Waals surface area contributed by atoms with Crippen LogP contribution in [0.5, 0.6) is 11.5 Å². The van der Waals surface area contributed by atoms with Crippen LogP contribution in [-0.2, 0) is 12.7 Å². The Bertz CT molecular complexity index is 608. The Morgan fingerprint density at radius 3 is 2.40 bits per heavy atom. The van der Waals surface area contributed by atoms with E-state index < -0.39 is 11.7 Å². The highest BCUT2D eigenvalue weighted by atomic mass is 19.4. The molecule has 0 heterocycles. The van der Waals surface area contributed by atoms with E-state index in [9.17, 15) is 13.2 Å². The molecule has 0 aliphatic carbocycles. The van der Waals surface area contributed by atoms with Crippen molar-refractivity contribution in [2.45, 2.75) is 19.6 Å². The maximum atomic E-state index is 12.9. The number of halogens is 3. The van der Waals surface area contributed by atoms with E-state index in [1.165, 1.54) is 18.2 Å². The normalized spacial score (nSPS) is 11.4. The molecule has 0 amide bonds. The van der Waals surface area contributed by atoms with Gasteiger partial charge in [0.05, 0.1) is 5.56 Å². The van der Waals surface area contributed by atoms with Gasteiger partial charge in [-0.05, 0) is 25.1 Å². The SMILES string of the molecule is Cc1ccc(Oc2ccccc2C(F)(F)F)c(CN)c1. The number of hydrogen-bond acceptors (Lipinski definition) is 2. The van der Waals surface area contributed by atoms with Crippen molar-refractivity contribution in [2.75, 3.05) is 0 Å². The second-order valence-corrected chi connectivity index (χ2v) is 4.41. The zero-order valence-corrected chi connectivity index (χ0v) is 10.9. The molecule has 0 saturated carbocycles. The second-order valence-electron chi connectivity index (χ2n) is 4.41. The average Bonchev–Trinajstić information content (AvgIpc) is 2.40. The van der Waals surface area contributed by atoms with E-state index in [1.807, 2.05) is 6.92 Å². The Kier molecular flexibility index (Phi) is 3.99. The van der Waals surface area contributed by atoms with Crippen molar-refractivity contribution in [3.05, 3.63) is 59.2 Å². The van der Waals surface area contributed by atoms with Gasteiger partial charge in [0.1, 0.15) is 11.5 Å². The first kappa shape index (κ1) is 14.4. The second kappa shape index (κ2) is 5.54. The van der Waals surface area contributed by atoms with Crippen LogP contribution in [0.2, 0.25) is 0 Å². The van der Waals surface area contributed by atoms with Gasteiger partial charge in [0.15, 0.2) is 0 Å². The number of hydrogen-bond donors (Lipinski definition) is 1. The van der Waals surface area contributed by atoms with Gasteiger partial charge in [0.25, 0.3) is 0 Å². The minimum Gasteiger partial charge on any atom is -0.456 e. The Balaban J connectivity index is 2.41. The molecule has 2 aromatic carbocycles. The van der Waals surface area contributed by atoms with Gasteiger partial charge in [-0.15, -0.1) is 0 Å². The minimum atomic E-state index is -4.45. The highest BCUT2D eigenvalue weighted by Gasteiger charge is 2.34. The number of ether oxygens (including phenoxy) is 1. The van der Waals surface area contributed by atoms with E-state index in [0.29, 0.717) is 11.3 Å². The first-order chi connectivity index (χ1) is 9.41. The molecule has 0 atom stereocenters. The lowest BCUT2D eigenvalue weighted by molar-refractivity contribution is -0.138. The van der Waals surface area contributed by atoms with Crippen molar-refractivity contribution in [2.24, 2.45) is 5.73 Å². The maximum absolute atomic E-state index is 12.9. The van der Waals surface area contributed by atoms with Gasteiger partial charge < -0.3 is 10.5 Å². The molecule has 0 bridgehead atoms. The Hall–Kier alpha value is -2.01. The first-order valence-corrected chi connectivity index (χ1v) is 6.05. The van der Waals surface area contributed by atoms with Crippen LogP contribution in [0.25, 0.3) is 0 Å².